The smallest absolute Gasteiger partial charge is 0.410 e. The molecule has 1 heterocycles. The van der Waals surface area contributed by atoms with E-state index in [1.165, 1.54) is 12.1 Å². The van der Waals surface area contributed by atoms with Gasteiger partial charge in [0.15, 0.2) is 0 Å². The van der Waals surface area contributed by atoms with Crippen molar-refractivity contribution >= 4 is 34.1 Å². The second-order valence-electron chi connectivity index (χ2n) is 8.76. The van der Waals surface area contributed by atoms with Crippen molar-refractivity contribution in [3.63, 3.8) is 0 Å². The molecule has 182 valence electrons. The highest BCUT2D eigenvalue weighted by molar-refractivity contribution is 6.04. The van der Waals surface area contributed by atoms with Crippen LogP contribution in [0.4, 0.5) is 16.2 Å². The van der Waals surface area contributed by atoms with Gasteiger partial charge < -0.3 is 25.0 Å². The first-order chi connectivity index (χ1) is 17.5. The van der Waals surface area contributed by atoms with Crippen LogP contribution >= 0.6 is 0 Å². The van der Waals surface area contributed by atoms with Gasteiger partial charge in [0.2, 0.25) is 0 Å². The first-order valence-corrected chi connectivity index (χ1v) is 11.9. The van der Waals surface area contributed by atoms with Gasteiger partial charge >= 0.3 is 6.09 Å². The molecule has 1 saturated heterocycles. The number of carbonyl (C=O) groups is 2. The number of aromatic hydroxyl groups is 1. The Hall–Kier alpha value is -4.52. The molecule has 0 bridgehead atoms. The average molecular weight is 482 g/mol. The van der Waals surface area contributed by atoms with Crippen LogP contribution in [-0.4, -0.2) is 48.2 Å². The van der Waals surface area contributed by atoms with E-state index in [0.29, 0.717) is 37.4 Å². The van der Waals surface area contributed by atoms with Crippen molar-refractivity contribution in [3.8, 4) is 5.75 Å². The summed E-state index contributed by atoms with van der Waals surface area (Å²) < 4.78 is 5.57. The molecule has 2 N–H and O–H groups in total. The van der Waals surface area contributed by atoms with E-state index < -0.39 is 0 Å². The van der Waals surface area contributed by atoms with Crippen molar-refractivity contribution in [2.24, 2.45) is 0 Å². The number of amides is 2. The van der Waals surface area contributed by atoms with Crippen LogP contribution in [0.25, 0.3) is 10.8 Å². The monoisotopic (exact) mass is 481 g/mol. The number of benzene rings is 4. The standard InChI is InChI=1S/C29H27N3O4/c33-27-13-9-25(10-14-27)30-28(34)23-7-11-26(12-8-23)31-15-17-32(18-16-31)29(35)36-20-21-5-6-22-3-1-2-4-24(22)19-21/h1-14,19,33H,15-18,20H2,(H,30,34). The van der Waals surface area contributed by atoms with Crippen molar-refractivity contribution in [2.75, 3.05) is 36.4 Å². The largest absolute Gasteiger partial charge is 0.508 e. The lowest BCUT2D eigenvalue weighted by Crippen LogP contribution is -2.48. The molecule has 0 aromatic heterocycles. The van der Waals surface area contributed by atoms with Gasteiger partial charge in [0.05, 0.1) is 0 Å². The number of hydrogen-bond acceptors (Lipinski definition) is 5. The Kier molecular flexibility index (Phi) is 6.71. The van der Waals surface area contributed by atoms with E-state index in [-0.39, 0.29) is 24.4 Å². The molecule has 0 aliphatic carbocycles. The average Bonchev–Trinajstić information content (AvgIpc) is 2.93. The third-order valence-corrected chi connectivity index (χ3v) is 6.33. The summed E-state index contributed by atoms with van der Waals surface area (Å²) in [6.45, 7) is 2.76. The molecule has 4 aromatic carbocycles. The van der Waals surface area contributed by atoms with Gasteiger partial charge in [-0.05, 0) is 70.9 Å². The van der Waals surface area contributed by atoms with Gasteiger partial charge in [-0.3, -0.25) is 4.79 Å². The van der Waals surface area contributed by atoms with Crippen LogP contribution < -0.4 is 10.2 Å². The molecule has 36 heavy (non-hydrogen) atoms. The Morgan fingerprint density at radius 1 is 0.806 bits per heavy atom. The molecule has 2 amide bonds. The minimum absolute atomic E-state index is 0.149. The number of ether oxygens (including phenoxy) is 1. The minimum atomic E-state index is -0.302. The van der Waals surface area contributed by atoms with Gasteiger partial charge in [0.25, 0.3) is 5.91 Å². The van der Waals surface area contributed by atoms with Gasteiger partial charge in [-0.2, -0.15) is 0 Å². The maximum atomic E-state index is 12.6. The Morgan fingerprint density at radius 3 is 2.22 bits per heavy atom. The topological polar surface area (TPSA) is 82.1 Å². The van der Waals surface area contributed by atoms with Crippen LogP contribution in [0.5, 0.6) is 5.75 Å². The maximum Gasteiger partial charge on any atom is 0.410 e. The molecule has 1 aliphatic heterocycles. The van der Waals surface area contributed by atoms with E-state index >= 15 is 0 Å². The van der Waals surface area contributed by atoms with E-state index in [9.17, 15) is 14.7 Å². The molecule has 0 spiro atoms. The fraction of sp³-hybridized carbons (Fsp3) is 0.172. The second-order valence-corrected chi connectivity index (χ2v) is 8.76. The predicted molar refractivity (Wildman–Crippen MR) is 140 cm³/mol. The molecule has 7 nitrogen and oxygen atoms in total. The van der Waals surface area contributed by atoms with Gasteiger partial charge in [-0.25, -0.2) is 4.79 Å². The normalized spacial score (nSPS) is 13.4. The maximum absolute atomic E-state index is 12.6. The van der Waals surface area contributed by atoms with Crippen LogP contribution in [0, 0.1) is 0 Å². The number of nitrogens with zero attached hydrogens (tertiary/aromatic N) is 2. The van der Waals surface area contributed by atoms with Crippen LogP contribution in [0.1, 0.15) is 15.9 Å². The van der Waals surface area contributed by atoms with Crippen LogP contribution in [0.3, 0.4) is 0 Å². The summed E-state index contributed by atoms with van der Waals surface area (Å²) in [6.07, 6.45) is -0.302. The first-order valence-electron chi connectivity index (χ1n) is 11.9. The number of hydrogen-bond donors (Lipinski definition) is 2. The number of phenolic OH excluding ortho intramolecular Hbond substituents is 1. The summed E-state index contributed by atoms with van der Waals surface area (Å²) in [4.78, 5) is 29.0. The molecule has 1 aliphatic rings. The zero-order valence-corrected chi connectivity index (χ0v) is 19.8. The molecule has 0 unspecified atom stereocenters. The SMILES string of the molecule is O=C(Nc1ccc(O)cc1)c1ccc(N2CCN(C(=O)OCc3ccc4ccccc4c3)CC2)cc1. The zero-order chi connectivity index (χ0) is 24.9. The Morgan fingerprint density at radius 2 is 1.50 bits per heavy atom. The van der Waals surface area contributed by atoms with Crippen molar-refractivity contribution in [2.45, 2.75) is 6.61 Å². The lowest BCUT2D eigenvalue weighted by molar-refractivity contribution is 0.0941. The lowest BCUT2D eigenvalue weighted by atomic mass is 10.1. The zero-order valence-electron chi connectivity index (χ0n) is 19.8. The number of phenols is 1. The fourth-order valence-corrected chi connectivity index (χ4v) is 4.28. The Labute approximate surface area is 209 Å². The number of fused-ring (bicyclic) bond motifs is 1. The molecular formula is C29H27N3O4. The highest BCUT2D eigenvalue weighted by atomic mass is 16.6. The fourth-order valence-electron chi connectivity index (χ4n) is 4.28. The first kappa shape index (κ1) is 23.2. The quantitative estimate of drug-likeness (QED) is 0.380. The summed E-state index contributed by atoms with van der Waals surface area (Å²) >= 11 is 0. The molecule has 0 saturated carbocycles. The van der Waals surface area contributed by atoms with E-state index in [1.54, 1.807) is 29.2 Å². The van der Waals surface area contributed by atoms with Crippen molar-refractivity contribution in [1.29, 1.82) is 0 Å². The molecule has 5 rings (SSSR count). The highest BCUT2D eigenvalue weighted by Crippen LogP contribution is 2.20. The van der Waals surface area contributed by atoms with E-state index in [1.807, 2.05) is 36.4 Å². The van der Waals surface area contributed by atoms with Crippen molar-refractivity contribution in [1.82, 2.24) is 4.90 Å². The van der Waals surface area contributed by atoms with Crippen LogP contribution in [-0.2, 0) is 11.3 Å². The highest BCUT2D eigenvalue weighted by Gasteiger charge is 2.22. The van der Waals surface area contributed by atoms with E-state index in [4.69, 9.17) is 4.74 Å². The molecule has 4 aromatic rings. The summed E-state index contributed by atoms with van der Waals surface area (Å²) in [5.74, 6) is -0.0677. The summed E-state index contributed by atoms with van der Waals surface area (Å²) in [5.41, 5.74) is 3.13. The third kappa shape index (κ3) is 5.41. The summed E-state index contributed by atoms with van der Waals surface area (Å²) in [5, 5.41) is 14.5. The van der Waals surface area contributed by atoms with Crippen molar-refractivity contribution in [3.05, 3.63) is 102 Å². The van der Waals surface area contributed by atoms with E-state index in [2.05, 4.69) is 28.4 Å². The number of nitrogens with one attached hydrogen (secondary N) is 1. The molecule has 7 heteroatoms. The number of rotatable bonds is 5. The van der Waals surface area contributed by atoms with Gasteiger partial charge in [-0.15, -0.1) is 0 Å². The Balaban J connectivity index is 1.11. The number of carbonyl (C=O) groups excluding carboxylic acids is 2. The lowest BCUT2D eigenvalue weighted by Gasteiger charge is -2.35. The van der Waals surface area contributed by atoms with Gasteiger partial charge in [0.1, 0.15) is 12.4 Å². The van der Waals surface area contributed by atoms with Gasteiger partial charge in [0, 0.05) is 43.1 Å². The van der Waals surface area contributed by atoms with Gasteiger partial charge in [-0.1, -0.05) is 36.4 Å². The molecule has 0 radical (unpaired) electrons. The number of piperazine rings is 1. The van der Waals surface area contributed by atoms with Crippen LogP contribution in [0.15, 0.2) is 91.0 Å². The predicted octanol–water partition coefficient (Wildman–Crippen LogP) is 5.26. The van der Waals surface area contributed by atoms with Crippen molar-refractivity contribution < 1.29 is 19.4 Å². The van der Waals surface area contributed by atoms with E-state index in [0.717, 1.165) is 22.0 Å². The molecule has 1 fully saturated rings. The van der Waals surface area contributed by atoms with Crippen LogP contribution in [0.2, 0.25) is 0 Å². The summed E-state index contributed by atoms with van der Waals surface area (Å²) in [6, 6.07) is 27.9. The molecular weight excluding hydrogens is 454 g/mol. The number of anilines is 2. The minimum Gasteiger partial charge on any atom is -0.508 e. The molecule has 0 atom stereocenters. The second kappa shape index (κ2) is 10.4. The summed E-state index contributed by atoms with van der Waals surface area (Å²) in [7, 11) is 0. The Bertz CT molecular complexity index is 1360. The third-order valence-electron chi connectivity index (χ3n) is 6.33.